The summed E-state index contributed by atoms with van der Waals surface area (Å²) < 4.78 is 10.4. The number of imide groups is 1. The Morgan fingerprint density at radius 3 is 2.28 bits per heavy atom. The molecule has 0 saturated carbocycles. The molecule has 0 aromatic carbocycles. The maximum atomic E-state index is 12.1. The van der Waals surface area contributed by atoms with E-state index < -0.39 is 24.1 Å². The van der Waals surface area contributed by atoms with Crippen LogP contribution in [0.1, 0.15) is 46.5 Å². The molecule has 0 radical (unpaired) electrons. The minimum absolute atomic E-state index is 0.216. The summed E-state index contributed by atoms with van der Waals surface area (Å²) in [5.41, 5.74) is -0.555. The summed E-state index contributed by atoms with van der Waals surface area (Å²) >= 11 is 0. The van der Waals surface area contributed by atoms with E-state index in [2.05, 4.69) is 0 Å². The lowest BCUT2D eigenvalue weighted by Gasteiger charge is -2.32. The van der Waals surface area contributed by atoms with Gasteiger partial charge in [-0.1, -0.05) is 0 Å². The van der Waals surface area contributed by atoms with Crippen molar-refractivity contribution < 1.29 is 28.7 Å². The normalized spacial score (nSPS) is 19.1. The summed E-state index contributed by atoms with van der Waals surface area (Å²) in [6.45, 7) is 6.21. The van der Waals surface area contributed by atoms with Gasteiger partial charge in [0.15, 0.2) is 6.61 Å². The number of hydrogen-bond acceptors (Lipinski definition) is 6. The Kier molecular flexibility index (Phi) is 6.02. The van der Waals surface area contributed by atoms with Gasteiger partial charge in [-0.05, 0) is 40.0 Å². The van der Waals surface area contributed by atoms with Gasteiger partial charge in [0, 0.05) is 26.1 Å². The van der Waals surface area contributed by atoms with Crippen LogP contribution >= 0.6 is 0 Å². The van der Waals surface area contributed by atoms with Crippen LogP contribution in [0.25, 0.3) is 0 Å². The second-order valence-electron chi connectivity index (χ2n) is 7.39. The predicted octanol–water partition coefficient (Wildman–Crippen LogP) is 1.33. The van der Waals surface area contributed by atoms with Gasteiger partial charge in [-0.15, -0.1) is 0 Å². The van der Waals surface area contributed by atoms with Crippen LogP contribution in [0.15, 0.2) is 0 Å². The minimum Gasteiger partial charge on any atom is -0.455 e. The third-order valence-corrected chi connectivity index (χ3v) is 4.19. The first-order valence-electron chi connectivity index (χ1n) is 8.65. The fourth-order valence-corrected chi connectivity index (χ4v) is 2.86. The highest BCUT2D eigenvalue weighted by molar-refractivity contribution is 5.97. The molecule has 3 amide bonds. The molecule has 0 N–H and O–H groups in total. The van der Waals surface area contributed by atoms with Crippen molar-refractivity contribution in [3.63, 3.8) is 0 Å². The Labute approximate surface area is 147 Å². The van der Waals surface area contributed by atoms with Crippen LogP contribution in [0.4, 0.5) is 4.79 Å². The lowest BCUT2D eigenvalue weighted by molar-refractivity contribution is -0.158. The van der Waals surface area contributed by atoms with Crippen molar-refractivity contribution in [1.29, 1.82) is 0 Å². The molecule has 2 rings (SSSR count). The SMILES string of the molecule is CC(C)(C)OC(=O)N1CCC(C(=O)OCC(=O)N2CCCC2=O)CC1. The summed E-state index contributed by atoms with van der Waals surface area (Å²) in [6, 6.07) is 0. The molecule has 2 aliphatic rings. The smallest absolute Gasteiger partial charge is 0.410 e. The number of carbonyl (C=O) groups excluding carboxylic acids is 4. The van der Waals surface area contributed by atoms with Crippen molar-refractivity contribution in [3.05, 3.63) is 0 Å². The van der Waals surface area contributed by atoms with E-state index in [1.807, 2.05) is 0 Å². The van der Waals surface area contributed by atoms with Gasteiger partial charge in [0.1, 0.15) is 5.60 Å². The number of ether oxygens (including phenoxy) is 2. The van der Waals surface area contributed by atoms with E-state index >= 15 is 0 Å². The fourth-order valence-electron chi connectivity index (χ4n) is 2.86. The molecule has 0 aliphatic carbocycles. The Bertz CT molecular complexity index is 546. The maximum Gasteiger partial charge on any atom is 0.410 e. The van der Waals surface area contributed by atoms with Crippen LogP contribution in [0.2, 0.25) is 0 Å². The van der Waals surface area contributed by atoms with Crippen LogP contribution < -0.4 is 0 Å². The molecule has 0 aromatic rings. The van der Waals surface area contributed by atoms with E-state index in [0.717, 1.165) is 4.90 Å². The molecule has 8 heteroatoms. The molecule has 2 heterocycles. The van der Waals surface area contributed by atoms with E-state index in [9.17, 15) is 19.2 Å². The lowest BCUT2D eigenvalue weighted by atomic mass is 9.97. The molecule has 0 unspecified atom stereocenters. The van der Waals surface area contributed by atoms with Crippen molar-refractivity contribution in [2.24, 2.45) is 5.92 Å². The van der Waals surface area contributed by atoms with Crippen LogP contribution in [0.3, 0.4) is 0 Å². The second-order valence-corrected chi connectivity index (χ2v) is 7.39. The zero-order chi connectivity index (χ0) is 18.6. The van der Waals surface area contributed by atoms with Gasteiger partial charge in [0.2, 0.25) is 5.91 Å². The van der Waals surface area contributed by atoms with Crippen molar-refractivity contribution in [2.45, 2.75) is 52.1 Å². The van der Waals surface area contributed by atoms with Crippen molar-refractivity contribution in [2.75, 3.05) is 26.2 Å². The van der Waals surface area contributed by atoms with E-state index in [4.69, 9.17) is 9.47 Å². The summed E-state index contributed by atoms with van der Waals surface area (Å²) in [5, 5.41) is 0. The van der Waals surface area contributed by atoms with Crippen LogP contribution in [0, 0.1) is 5.92 Å². The maximum absolute atomic E-state index is 12.1. The number of rotatable bonds is 3. The first kappa shape index (κ1) is 19.2. The molecule has 140 valence electrons. The zero-order valence-corrected chi connectivity index (χ0v) is 15.1. The third kappa shape index (κ3) is 5.44. The Hall–Kier alpha value is -2.12. The van der Waals surface area contributed by atoms with Gasteiger partial charge >= 0.3 is 12.1 Å². The highest BCUT2D eigenvalue weighted by Gasteiger charge is 2.32. The van der Waals surface area contributed by atoms with E-state index in [1.54, 1.807) is 25.7 Å². The largest absolute Gasteiger partial charge is 0.455 e. The van der Waals surface area contributed by atoms with Gasteiger partial charge in [0.25, 0.3) is 5.91 Å². The van der Waals surface area contributed by atoms with Gasteiger partial charge in [0.05, 0.1) is 5.92 Å². The first-order chi connectivity index (χ1) is 11.7. The second kappa shape index (κ2) is 7.84. The zero-order valence-electron chi connectivity index (χ0n) is 15.1. The van der Waals surface area contributed by atoms with Crippen LogP contribution in [-0.2, 0) is 23.9 Å². The highest BCUT2D eigenvalue weighted by atomic mass is 16.6. The van der Waals surface area contributed by atoms with Gasteiger partial charge in [-0.3, -0.25) is 19.3 Å². The quantitative estimate of drug-likeness (QED) is 0.710. The van der Waals surface area contributed by atoms with E-state index in [1.165, 1.54) is 0 Å². The van der Waals surface area contributed by atoms with Crippen molar-refractivity contribution in [1.82, 2.24) is 9.80 Å². The molecule has 2 aliphatic heterocycles. The molecule has 0 bridgehead atoms. The molecule has 0 spiro atoms. The van der Waals surface area contributed by atoms with E-state index in [0.29, 0.717) is 45.3 Å². The fraction of sp³-hybridized carbons (Fsp3) is 0.765. The average Bonchev–Trinajstić information content (AvgIpc) is 2.97. The summed E-state index contributed by atoms with van der Waals surface area (Å²) in [4.78, 5) is 50.1. The molecule has 2 saturated heterocycles. The van der Waals surface area contributed by atoms with Crippen LogP contribution in [0.5, 0.6) is 0 Å². The number of carbonyl (C=O) groups is 4. The molecule has 2 fully saturated rings. The number of nitrogens with zero attached hydrogens (tertiary/aromatic N) is 2. The average molecular weight is 354 g/mol. The highest BCUT2D eigenvalue weighted by Crippen LogP contribution is 2.21. The molecule has 0 aromatic heterocycles. The van der Waals surface area contributed by atoms with Crippen molar-refractivity contribution >= 4 is 23.9 Å². The number of piperidine rings is 1. The van der Waals surface area contributed by atoms with Crippen LogP contribution in [-0.4, -0.2) is 65.5 Å². The Morgan fingerprint density at radius 1 is 1.12 bits per heavy atom. The minimum atomic E-state index is -0.555. The first-order valence-corrected chi connectivity index (χ1v) is 8.65. The number of esters is 1. The summed E-state index contributed by atoms with van der Waals surface area (Å²) in [7, 11) is 0. The molecular weight excluding hydrogens is 328 g/mol. The van der Waals surface area contributed by atoms with Crippen molar-refractivity contribution in [3.8, 4) is 0 Å². The molecule has 0 atom stereocenters. The number of likely N-dealkylation sites (tertiary alicyclic amines) is 2. The summed E-state index contributed by atoms with van der Waals surface area (Å²) in [5.74, 6) is -1.49. The Balaban J connectivity index is 1.73. The topological polar surface area (TPSA) is 93.2 Å². The Morgan fingerprint density at radius 2 is 1.76 bits per heavy atom. The molecular formula is C17H26N2O6. The van der Waals surface area contributed by atoms with Gasteiger partial charge in [-0.25, -0.2) is 4.79 Å². The van der Waals surface area contributed by atoms with Gasteiger partial charge in [-0.2, -0.15) is 0 Å². The number of hydrogen-bond donors (Lipinski definition) is 0. The number of amides is 3. The monoisotopic (exact) mass is 354 g/mol. The van der Waals surface area contributed by atoms with E-state index in [-0.39, 0.29) is 17.9 Å². The van der Waals surface area contributed by atoms with Gasteiger partial charge < -0.3 is 14.4 Å². The standard InChI is InChI=1S/C17H26N2O6/c1-17(2,3)25-16(23)18-9-6-12(7-10-18)15(22)24-11-14(21)19-8-4-5-13(19)20/h12H,4-11H2,1-3H3. The predicted molar refractivity (Wildman–Crippen MR) is 87.4 cm³/mol. The molecule has 25 heavy (non-hydrogen) atoms. The summed E-state index contributed by atoms with van der Waals surface area (Å²) in [6.07, 6.45) is 1.57. The third-order valence-electron chi connectivity index (χ3n) is 4.19. The lowest BCUT2D eigenvalue weighted by Crippen LogP contribution is -2.43. The molecule has 8 nitrogen and oxygen atoms in total.